The molecule has 0 saturated heterocycles. The van der Waals surface area contributed by atoms with Crippen molar-refractivity contribution in [3.8, 4) is 0 Å². The standard InChI is InChI=1S/C11H10F3NO3/c1-11(2,10(17)18)9(16)15-7-4-5(12)3-6(13)8(7)14/h3-4H,1-2H3,(H,15,16)(H,17,18). The third-order valence-electron chi connectivity index (χ3n) is 2.34. The molecular formula is C11H10F3NO3. The van der Waals surface area contributed by atoms with Gasteiger partial charge in [0.15, 0.2) is 11.6 Å². The van der Waals surface area contributed by atoms with Gasteiger partial charge in [-0.3, -0.25) is 9.59 Å². The smallest absolute Gasteiger partial charge is 0.318 e. The Morgan fingerprint density at radius 2 is 1.78 bits per heavy atom. The van der Waals surface area contributed by atoms with Crippen LogP contribution in [0.2, 0.25) is 0 Å². The zero-order chi connectivity index (χ0) is 14.1. The SMILES string of the molecule is CC(C)(C(=O)O)C(=O)Nc1cc(F)cc(F)c1F. The fraction of sp³-hybridized carbons (Fsp3) is 0.273. The number of carbonyl (C=O) groups excluding carboxylic acids is 1. The minimum absolute atomic E-state index is 0.313. The van der Waals surface area contributed by atoms with Crippen molar-refractivity contribution in [2.24, 2.45) is 5.41 Å². The van der Waals surface area contributed by atoms with Crippen LogP contribution in [-0.2, 0) is 9.59 Å². The maximum absolute atomic E-state index is 13.2. The van der Waals surface area contributed by atoms with E-state index in [9.17, 15) is 22.8 Å². The molecule has 0 aromatic heterocycles. The molecule has 4 nitrogen and oxygen atoms in total. The van der Waals surface area contributed by atoms with E-state index >= 15 is 0 Å². The van der Waals surface area contributed by atoms with E-state index in [4.69, 9.17) is 5.11 Å². The molecule has 1 aromatic rings. The van der Waals surface area contributed by atoms with Crippen LogP contribution in [0.1, 0.15) is 13.8 Å². The number of hydrogen-bond donors (Lipinski definition) is 2. The number of carboxylic acids is 1. The second kappa shape index (κ2) is 4.67. The quantitative estimate of drug-likeness (QED) is 0.647. The first-order valence-corrected chi connectivity index (χ1v) is 4.85. The van der Waals surface area contributed by atoms with Crippen LogP contribution < -0.4 is 5.32 Å². The van der Waals surface area contributed by atoms with Crippen LogP contribution in [0.25, 0.3) is 0 Å². The first-order valence-electron chi connectivity index (χ1n) is 4.85. The highest BCUT2D eigenvalue weighted by molar-refractivity contribution is 6.07. The van der Waals surface area contributed by atoms with Gasteiger partial charge in [-0.1, -0.05) is 0 Å². The van der Waals surface area contributed by atoms with Crippen molar-refractivity contribution in [1.82, 2.24) is 0 Å². The Morgan fingerprint density at radius 3 is 2.28 bits per heavy atom. The van der Waals surface area contributed by atoms with E-state index in [1.807, 2.05) is 5.32 Å². The number of benzene rings is 1. The molecule has 0 spiro atoms. The molecule has 1 aromatic carbocycles. The number of halogens is 3. The van der Waals surface area contributed by atoms with E-state index in [1.165, 1.54) is 0 Å². The van der Waals surface area contributed by atoms with E-state index in [0.29, 0.717) is 12.1 Å². The van der Waals surface area contributed by atoms with Gasteiger partial charge < -0.3 is 10.4 Å². The summed E-state index contributed by atoms with van der Waals surface area (Å²) in [6.07, 6.45) is 0. The van der Waals surface area contributed by atoms with E-state index in [1.54, 1.807) is 0 Å². The highest BCUT2D eigenvalue weighted by Gasteiger charge is 2.36. The number of carbonyl (C=O) groups is 2. The maximum Gasteiger partial charge on any atom is 0.318 e. The minimum atomic E-state index is -1.85. The highest BCUT2D eigenvalue weighted by Crippen LogP contribution is 2.23. The average Bonchev–Trinajstić information content (AvgIpc) is 2.24. The summed E-state index contributed by atoms with van der Waals surface area (Å²) >= 11 is 0. The molecule has 0 radical (unpaired) electrons. The third kappa shape index (κ3) is 2.61. The number of aliphatic carboxylic acids is 1. The topological polar surface area (TPSA) is 66.4 Å². The Hall–Kier alpha value is -2.05. The zero-order valence-corrected chi connectivity index (χ0v) is 9.55. The molecule has 0 fully saturated rings. The van der Waals surface area contributed by atoms with Crippen molar-refractivity contribution in [3.63, 3.8) is 0 Å². The Bertz CT molecular complexity index is 515. The van der Waals surface area contributed by atoms with Gasteiger partial charge in [-0.2, -0.15) is 0 Å². The van der Waals surface area contributed by atoms with Gasteiger partial charge in [-0.25, -0.2) is 13.2 Å². The summed E-state index contributed by atoms with van der Waals surface area (Å²) in [6, 6.07) is 0.877. The third-order valence-corrected chi connectivity index (χ3v) is 2.34. The summed E-state index contributed by atoms with van der Waals surface area (Å²) in [5.74, 6) is -6.54. The van der Waals surface area contributed by atoms with E-state index in [-0.39, 0.29) is 0 Å². The molecule has 98 valence electrons. The Balaban J connectivity index is 3.06. The van der Waals surface area contributed by atoms with Gasteiger partial charge in [0.05, 0.1) is 5.69 Å². The lowest BCUT2D eigenvalue weighted by molar-refractivity contribution is -0.151. The zero-order valence-electron chi connectivity index (χ0n) is 9.55. The number of nitrogens with one attached hydrogen (secondary N) is 1. The van der Waals surface area contributed by atoms with Gasteiger partial charge in [0.1, 0.15) is 11.2 Å². The summed E-state index contributed by atoms with van der Waals surface area (Å²) in [5.41, 5.74) is -2.60. The normalized spacial score (nSPS) is 11.2. The molecule has 1 rings (SSSR count). The van der Waals surface area contributed by atoms with Gasteiger partial charge in [0.2, 0.25) is 5.91 Å². The lowest BCUT2D eigenvalue weighted by atomic mass is 9.92. The number of anilines is 1. The van der Waals surface area contributed by atoms with Gasteiger partial charge >= 0.3 is 5.97 Å². The number of hydrogen-bond acceptors (Lipinski definition) is 2. The summed E-state index contributed by atoms with van der Waals surface area (Å²) in [6.45, 7) is 2.16. The number of amides is 1. The maximum atomic E-state index is 13.2. The predicted octanol–water partition coefficient (Wildman–Crippen LogP) is 2.15. The molecule has 0 aliphatic carbocycles. The fourth-order valence-electron chi connectivity index (χ4n) is 1.02. The van der Waals surface area contributed by atoms with Gasteiger partial charge in [0, 0.05) is 12.1 Å². The van der Waals surface area contributed by atoms with Crippen LogP contribution in [0.5, 0.6) is 0 Å². The molecule has 0 saturated carbocycles. The van der Waals surface area contributed by atoms with Crippen LogP contribution in [0.3, 0.4) is 0 Å². The summed E-state index contributed by atoms with van der Waals surface area (Å²) < 4.78 is 38.9. The molecule has 0 unspecified atom stereocenters. The number of rotatable bonds is 3. The molecule has 1 amide bonds. The van der Waals surface area contributed by atoms with Gasteiger partial charge in [-0.05, 0) is 13.8 Å². The molecule has 0 aliphatic rings. The first kappa shape index (κ1) is 14.0. The molecule has 7 heteroatoms. The van der Waals surface area contributed by atoms with Crippen LogP contribution in [0.15, 0.2) is 12.1 Å². The number of carboxylic acid groups (broad SMARTS) is 1. The lowest BCUT2D eigenvalue weighted by Gasteiger charge is -2.18. The minimum Gasteiger partial charge on any atom is -0.480 e. The second-order valence-electron chi connectivity index (χ2n) is 4.13. The largest absolute Gasteiger partial charge is 0.480 e. The summed E-state index contributed by atoms with van der Waals surface area (Å²) in [7, 11) is 0. The Labute approximate surface area is 100 Å². The van der Waals surface area contributed by atoms with Crippen molar-refractivity contribution < 1.29 is 27.9 Å². The van der Waals surface area contributed by atoms with E-state index in [2.05, 4.69) is 0 Å². The van der Waals surface area contributed by atoms with Gasteiger partial charge in [-0.15, -0.1) is 0 Å². The molecule has 18 heavy (non-hydrogen) atoms. The highest BCUT2D eigenvalue weighted by atomic mass is 19.2. The van der Waals surface area contributed by atoms with Crippen molar-refractivity contribution >= 4 is 17.6 Å². The monoisotopic (exact) mass is 261 g/mol. The van der Waals surface area contributed by atoms with Crippen molar-refractivity contribution in [2.75, 3.05) is 5.32 Å². The van der Waals surface area contributed by atoms with Crippen LogP contribution in [0.4, 0.5) is 18.9 Å². The summed E-state index contributed by atoms with van der Waals surface area (Å²) in [5, 5.41) is 10.6. The molecule has 0 atom stereocenters. The summed E-state index contributed by atoms with van der Waals surface area (Å²) in [4.78, 5) is 22.3. The molecule has 0 heterocycles. The van der Waals surface area contributed by atoms with Crippen LogP contribution in [0, 0.1) is 22.9 Å². The van der Waals surface area contributed by atoms with Crippen molar-refractivity contribution in [2.45, 2.75) is 13.8 Å². The molecule has 0 bridgehead atoms. The molecule has 2 N–H and O–H groups in total. The van der Waals surface area contributed by atoms with Crippen LogP contribution in [-0.4, -0.2) is 17.0 Å². The average molecular weight is 261 g/mol. The van der Waals surface area contributed by atoms with Crippen molar-refractivity contribution in [3.05, 3.63) is 29.6 Å². The fourth-order valence-corrected chi connectivity index (χ4v) is 1.02. The Morgan fingerprint density at radius 1 is 1.22 bits per heavy atom. The van der Waals surface area contributed by atoms with Gasteiger partial charge in [0.25, 0.3) is 0 Å². The Kier molecular flexibility index (Phi) is 3.64. The lowest BCUT2D eigenvalue weighted by Crippen LogP contribution is -2.38. The predicted molar refractivity (Wildman–Crippen MR) is 56.4 cm³/mol. The van der Waals surface area contributed by atoms with E-state index in [0.717, 1.165) is 13.8 Å². The van der Waals surface area contributed by atoms with Crippen LogP contribution >= 0.6 is 0 Å². The second-order valence-corrected chi connectivity index (χ2v) is 4.13. The first-order chi connectivity index (χ1) is 8.16. The molecular weight excluding hydrogens is 251 g/mol. The molecule has 0 aliphatic heterocycles. The van der Waals surface area contributed by atoms with Crippen molar-refractivity contribution in [1.29, 1.82) is 0 Å². The van der Waals surface area contributed by atoms with E-state index < -0.39 is 40.4 Å².